The fraction of sp³-hybridized carbons (Fsp3) is 0.400. The zero-order valence-corrected chi connectivity index (χ0v) is 14.0. The predicted molar refractivity (Wildman–Crippen MR) is 91.2 cm³/mol. The van der Waals surface area contributed by atoms with Crippen molar-refractivity contribution in [3.05, 3.63) is 40.3 Å². The molecule has 1 heterocycles. The van der Waals surface area contributed by atoms with Crippen LogP contribution in [0.25, 0.3) is 11.5 Å². The summed E-state index contributed by atoms with van der Waals surface area (Å²) in [7, 11) is 0. The Morgan fingerprint density at radius 3 is 2.96 bits per heavy atom. The van der Waals surface area contributed by atoms with E-state index in [-0.39, 0.29) is 11.6 Å². The van der Waals surface area contributed by atoms with Crippen molar-refractivity contribution in [3.63, 3.8) is 0 Å². The first-order valence-electron chi connectivity index (χ1n) is 7.70. The average molecular weight is 347 g/mol. The van der Waals surface area contributed by atoms with Crippen LogP contribution in [0.5, 0.6) is 0 Å². The van der Waals surface area contributed by atoms with Crippen molar-refractivity contribution in [2.24, 2.45) is 0 Å². The number of benzene rings is 1. The summed E-state index contributed by atoms with van der Waals surface area (Å²) in [5, 5.41) is 22.7. The summed E-state index contributed by atoms with van der Waals surface area (Å²) >= 11 is 5.39. The first-order valence-corrected chi connectivity index (χ1v) is 8.11. The number of nitrogens with one attached hydrogen (secondary N) is 1. The largest absolute Gasteiger partial charge is 0.419 e. The van der Waals surface area contributed by atoms with Crippen molar-refractivity contribution in [1.29, 1.82) is 0 Å². The molecule has 1 N–H and O–H groups in total. The zero-order valence-electron chi connectivity index (χ0n) is 13.1. The van der Waals surface area contributed by atoms with E-state index >= 15 is 0 Å². The molecule has 1 aromatic heterocycles. The lowest BCUT2D eigenvalue weighted by molar-refractivity contribution is -0.384. The molecule has 0 amide bonds. The summed E-state index contributed by atoms with van der Waals surface area (Å²) in [6.45, 7) is 3.17. The van der Waals surface area contributed by atoms with E-state index in [0.717, 1.165) is 19.4 Å². The smallest absolute Gasteiger partial charge is 0.270 e. The standard InChI is InChI=1S/C15H17N5O3S/c1-2-16-15(24)19(11-6-7-11)9-13-17-18-14(23-13)10-4-3-5-12(8-10)20(21)22/h3-5,8,11H,2,6-7,9H2,1H3,(H,16,24). The highest BCUT2D eigenvalue weighted by molar-refractivity contribution is 7.80. The van der Waals surface area contributed by atoms with Gasteiger partial charge in [-0.05, 0) is 38.0 Å². The van der Waals surface area contributed by atoms with Crippen molar-refractivity contribution >= 4 is 23.0 Å². The maximum Gasteiger partial charge on any atom is 0.270 e. The summed E-state index contributed by atoms with van der Waals surface area (Å²) in [5.74, 6) is 0.697. The Balaban J connectivity index is 1.76. The van der Waals surface area contributed by atoms with Crippen molar-refractivity contribution in [2.45, 2.75) is 32.4 Å². The highest BCUT2D eigenvalue weighted by Gasteiger charge is 2.32. The van der Waals surface area contributed by atoms with Gasteiger partial charge in [0.25, 0.3) is 5.69 Å². The fourth-order valence-electron chi connectivity index (χ4n) is 2.34. The molecule has 0 unspecified atom stereocenters. The normalized spacial score (nSPS) is 13.5. The Bertz CT molecular complexity index is 759. The van der Waals surface area contributed by atoms with Crippen LogP contribution in [0, 0.1) is 10.1 Å². The lowest BCUT2D eigenvalue weighted by Gasteiger charge is -2.23. The quantitative estimate of drug-likeness (QED) is 0.483. The Morgan fingerprint density at radius 2 is 2.29 bits per heavy atom. The molecule has 1 fully saturated rings. The van der Waals surface area contributed by atoms with Crippen molar-refractivity contribution in [2.75, 3.05) is 6.54 Å². The molecule has 1 saturated carbocycles. The highest BCUT2D eigenvalue weighted by atomic mass is 32.1. The van der Waals surface area contributed by atoms with E-state index in [9.17, 15) is 10.1 Å². The molecule has 8 nitrogen and oxygen atoms in total. The van der Waals surface area contributed by atoms with E-state index in [1.165, 1.54) is 12.1 Å². The Hall–Kier alpha value is -2.55. The number of nitrogens with zero attached hydrogens (tertiary/aromatic N) is 4. The van der Waals surface area contributed by atoms with E-state index in [2.05, 4.69) is 15.5 Å². The van der Waals surface area contributed by atoms with Crippen LogP contribution in [0.2, 0.25) is 0 Å². The molecular weight excluding hydrogens is 330 g/mol. The number of hydrogen-bond donors (Lipinski definition) is 1. The maximum absolute atomic E-state index is 10.9. The molecule has 126 valence electrons. The third-order valence-corrected chi connectivity index (χ3v) is 4.03. The van der Waals surface area contributed by atoms with Gasteiger partial charge in [0.15, 0.2) is 5.11 Å². The van der Waals surface area contributed by atoms with E-state index in [1.807, 2.05) is 11.8 Å². The third-order valence-electron chi connectivity index (χ3n) is 3.65. The van der Waals surface area contributed by atoms with E-state index in [1.54, 1.807) is 12.1 Å². The van der Waals surface area contributed by atoms with Crippen molar-refractivity contribution in [1.82, 2.24) is 20.4 Å². The van der Waals surface area contributed by atoms with Crippen LogP contribution in [0.1, 0.15) is 25.7 Å². The lowest BCUT2D eigenvalue weighted by atomic mass is 10.2. The highest BCUT2D eigenvalue weighted by Crippen LogP contribution is 2.29. The van der Waals surface area contributed by atoms with E-state index in [0.29, 0.717) is 29.2 Å². The number of nitro benzene ring substituents is 1. The Morgan fingerprint density at radius 1 is 1.50 bits per heavy atom. The van der Waals surface area contributed by atoms with Gasteiger partial charge in [0.05, 0.1) is 11.5 Å². The molecule has 0 aliphatic heterocycles. The van der Waals surface area contributed by atoms with Gasteiger partial charge in [0.2, 0.25) is 11.8 Å². The molecular formula is C15H17N5O3S. The second-order valence-electron chi connectivity index (χ2n) is 5.50. The average Bonchev–Trinajstić information content (AvgIpc) is 3.30. The van der Waals surface area contributed by atoms with Crippen LogP contribution in [-0.4, -0.2) is 37.7 Å². The molecule has 2 aromatic rings. The molecule has 3 rings (SSSR count). The summed E-state index contributed by atoms with van der Waals surface area (Å²) in [4.78, 5) is 12.5. The van der Waals surface area contributed by atoms with Crippen LogP contribution in [0.15, 0.2) is 28.7 Å². The molecule has 1 aliphatic carbocycles. The number of thiocarbonyl (C=S) groups is 1. The van der Waals surface area contributed by atoms with Crippen LogP contribution in [-0.2, 0) is 6.54 Å². The van der Waals surface area contributed by atoms with Gasteiger partial charge in [-0.15, -0.1) is 10.2 Å². The van der Waals surface area contributed by atoms with Crippen LogP contribution >= 0.6 is 12.2 Å². The van der Waals surface area contributed by atoms with Crippen LogP contribution in [0.4, 0.5) is 5.69 Å². The molecule has 0 spiro atoms. The van der Waals surface area contributed by atoms with Gasteiger partial charge < -0.3 is 14.6 Å². The minimum atomic E-state index is -0.454. The lowest BCUT2D eigenvalue weighted by Crippen LogP contribution is -2.40. The Kier molecular flexibility index (Phi) is 4.70. The summed E-state index contributed by atoms with van der Waals surface area (Å²) in [5.41, 5.74) is 0.510. The molecule has 0 bridgehead atoms. The van der Waals surface area contributed by atoms with Gasteiger partial charge in [0.1, 0.15) is 0 Å². The van der Waals surface area contributed by atoms with Gasteiger partial charge in [-0.3, -0.25) is 10.1 Å². The molecule has 1 aliphatic rings. The first kappa shape index (κ1) is 16.3. The zero-order chi connectivity index (χ0) is 17.1. The van der Waals surface area contributed by atoms with Gasteiger partial charge >= 0.3 is 0 Å². The predicted octanol–water partition coefficient (Wildman–Crippen LogP) is 2.50. The minimum Gasteiger partial charge on any atom is -0.419 e. The van der Waals surface area contributed by atoms with Crippen molar-refractivity contribution < 1.29 is 9.34 Å². The number of rotatable bonds is 6. The molecule has 1 aromatic carbocycles. The molecule has 24 heavy (non-hydrogen) atoms. The number of nitro groups is 1. The number of aromatic nitrogens is 2. The first-order chi connectivity index (χ1) is 11.6. The monoisotopic (exact) mass is 347 g/mol. The second-order valence-corrected chi connectivity index (χ2v) is 5.89. The van der Waals surface area contributed by atoms with Crippen molar-refractivity contribution in [3.8, 4) is 11.5 Å². The maximum atomic E-state index is 10.9. The van der Waals surface area contributed by atoms with Gasteiger partial charge in [-0.2, -0.15) is 0 Å². The van der Waals surface area contributed by atoms with Gasteiger partial charge in [-0.25, -0.2) is 0 Å². The SMILES string of the molecule is CCNC(=S)N(Cc1nnc(-c2cccc([N+](=O)[O-])c2)o1)C1CC1. The second kappa shape index (κ2) is 6.91. The summed E-state index contributed by atoms with van der Waals surface area (Å²) in [6.07, 6.45) is 2.19. The van der Waals surface area contributed by atoms with Gasteiger partial charge in [-0.1, -0.05) is 6.07 Å². The van der Waals surface area contributed by atoms with E-state index in [4.69, 9.17) is 16.6 Å². The molecule has 9 heteroatoms. The topological polar surface area (TPSA) is 97.3 Å². The third kappa shape index (κ3) is 3.67. The Labute approximate surface area is 144 Å². The molecule has 0 atom stereocenters. The molecule has 0 saturated heterocycles. The van der Waals surface area contributed by atoms with Crippen LogP contribution in [0.3, 0.4) is 0 Å². The number of hydrogen-bond acceptors (Lipinski definition) is 6. The fourth-order valence-corrected chi connectivity index (χ4v) is 2.70. The van der Waals surface area contributed by atoms with Crippen LogP contribution < -0.4 is 5.32 Å². The summed E-state index contributed by atoms with van der Waals surface area (Å²) in [6, 6.07) is 6.54. The van der Waals surface area contributed by atoms with Gasteiger partial charge in [0, 0.05) is 30.3 Å². The number of non-ortho nitro benzene ring substituents is 1. The summed E-state index contributed by atoms with van der Waals surface area (Å²) < 4.78 is 5.67. The minimum absolute atomic E-state index is 0.0137. The molecule has 0 radical (unpaired) electrons. The van der Waals surface area contributed by atoms with E-state index < -0.39 is 4.92 Å².